The first-order chi connectivity index (χ1) is 9.59. The van der Waals surface area contributed by atoms with Gasteiger partial charge in [-0.3, -0.25) is 4.79 Å². The molecule has 0 saturated carbocycles. The van der Waals surface area contributed by atoms with Gasteiger partial charge in [0.2, 0.25) is 14.9 Å². The first kappa shape index (κ1) is 15.2. The van der Waals surface area contributed by atoms with Crippen molar-refractivity contribution in [3.05, 3.63) is 29.6 Å². The molecule has 0 atom stereocenters. The molecule has 0 fully saturated rings. The zero-order valence-corrected chi connectivity index (χ0v) is 12.8. The van der Waals surface area contributed by atoms with E-state index < -0.39 is 21.3 Å². The topological polar surface area (TPSA) is 115 Å². The fourth-order valence-corrected chi connectivity index (χ4v) is 2.15. The number of sulfone groups is 1. The molecular weight excluding hydrogens is 298 g/mol. The second-order valence-electron chi connectivity index (χ2n) is 5.12. The van der Waals surface area contributed by atoms with Crippen LogP contribution in [0.2, 0.25) is 0 Å². The van der Waals surface area contributed by atoms with Gasteiger partial charge < -0.3 is 14.3 Å². The highest BCUT2D eigenvalue weighted by atomic mass is 32.2. The van der Waals surface area contributed by atoms with Crippen LogP contribution in [-0.4, -0.2) is 30.7 Å². The highest BCUT2D eigenvalue weighted by Crippen LogP contribution is 2.20. The Balaban J connectivity index is 2.20. The van der Waals surface area contributed by atoms with Gasteiger partial charge in [-0.05, 0) is 32.9 Å². The third kappa shape index (κ3) is 3.30. The van der Waals surface area contributed by atoms with Crippen LogP contribution in [-0.2, 0) is 15.4 Å². The number of amides is 1. The lowest BCUT2D eigenvalue weighted by Gasteiger charge is -2.20. The lowest BCUT2D eigenvalue weighted by Crippen LogP contribution is -2.41. The van der Waals surface area contributed by atoms with Crippen molar-refractivity contribution in [2.75, 3.05) is 6.26 Å². The van der Waals surface area contributed by atoms with Crippen LogP contribution in [0.4, 0.5) is 0 Å². The smallest absolute Gasteiger partial charge is 0.287 e. The van der Waals surface area contributed by atoms with Crippen LogP contribution in [0.25, 0.3) is 0 Å². The maximum Gasteiger partial charge on any atom is 0.287 e. The zero-order chi connectivity index (χ0) is 15.8. The molecule has 0 aliphatic carbocycles. The SMILES string of the molecule is Cc1noc(C(C)(C)NC(=O)c2ccc(S(C)(=O)=O)o2)n1. The van der Waals surface area contributed by atoms with E-state index in [2.05, 4.69) is 15.5 Å². The Hall–Kier alpha value is -2.16. The van der Waals surface area contributed by atoms with E-state index in [0.29, 0.717) is 5.82 Å². The van der Waals surface area contributed by atoms with Crippen molar-refractivity contribution < 1.29 is 22.2 Å². The van der Waals surface area contributed by atoms with E-state index in [4.69, 9.17) is 8.94 Å². The van der Waals surface area contributed by atoms with Crippen molar-refractivity contribution >= 4 is 15.7 Å². The quantitative estimate of drug-likeness (QED) is 0.896. The largest absolute Gasteiger partial charge is 0.440 e. The van der Waals surface area contributed by atoms with Crippen LogP contribution in [0.1, 0.15) is 36.1 Å². The molecule has 0 spiro atoms. The van der Waals surface area contributed by atoms with Crippen molar-refractivity contribution in [2.24, 2.45) is 0 Å². The van der Waals surface area contributed by atoms with Crippen LogP contribution in [0.5, 0.6) is 0 Å². The summed E-state index contributed by atoms with van der Waals surface area (Å²) < 4.78 is 32.7. The molecule has 2 aromatic heterocycles. The molecule has 0 saturated heterocycles. The monoisotopic (exact) mass is 313 g/mol. The van der Waals surface area contributed by atoms with Crippen molar-refractivity contribution in [3.8, 4) is 0 Å². The molecule has 2 aromatic rings. The van der Waals surface area contributed by atoms with E-state index in [1.54, 1.807) is 20.8 Å². The van der Waals surface area contributed by atoms with Gasteiger partial charge in [0.1, 0.15) is 5.54 Å². The Morgan fingerprint density at radius 1 is 1.33 bits per heavy atom. The van der Waals surface area contributed by atoms with Gasteiger partial charge in [0.05, 0.1) is 0 Å². The standard InChI is InChI=1S/C12H15N3O5S/c1-7-13-11(20-15-7)12(2,3)14-10(16)8-5-6-9(19-8)21(4,17)18/h5-6H,1-4H3,(H,14,16). The Bertz CT molecular complexity index is 772. The first-order valence-electron chi connectivity index (χ1n) is 6.03. The number of hydrogen-bond acceptors (Lipinski definition) is 7. The molecule has 21 heavy (non-hydrogen) atoms. The number of rotatable bonds is 4. The third-order valence-electron chi connectivity index (χ3n) is 2.66. The van der Waals surface area contributed by atoms with Crippen molar-refractivity contribution in [2.45, 2.75) is 31.4 Å². The fraction of sp³-hybridized carbons (Fsp3) is 0.417. The fourth-order valence-electron chi connectivity index (χ4n) is 1.59. The summed E-state index contributed by atoms with van der Waals surface area (Å²) in [6.07, 6.45) is 0.999. The maximum atomic E-state index is 12.1. The predicted octanol–water partition coefficient (Wildman–Crippen LogP) is 1.04. The average molecular weight is 313 g/mol. The number of nitrogens with one attached hydrogen (secondary N) is 1. The first-order valence-corrected chi connectivity index (χ1v) is 7.92. The van der Waals surface area contributed by atoms with E-state index in [1.807, 2.05) is 0 Å². The van der Waals surface area contributed by atoms with Crippen LogP contribution in [0.15, 0.2) is 26.2 Å². The van der Waals surface area contributed by atoms with Gasteiger partial charge in [-0.2, -0.15) is 4.98 Å². The van der Waals surface area contributed by atoms with E-state index in [0.717, 1.165) is 6.26 Å². The van der Waals surface area contributed by atoms with Gasteiger partial charge in [0.15, 0.2) is 11.6 Å². The number of hydrogen-bond donors (Lipinski definition) is 1. The minimum absolute atomic E-state index is 0.111. The highest BCUT2D eigenvalue weighted by molar-refractivity contribution is 7.90. The maximum absolute atomic E-state index is 12.1. The number of nitrogens with zero attached hydrogens (tertiary/aromatic N) is 2. The summed E-state index contributed by atoms with van der Waals surface area (Å²) in [5.74, 6) is -0.00146. The third-order valence-corrected chi connectivity index (χ3v) is 3.61. The van der Waals surface area contributed by atoms with Gasteiger partial charge in [0, 0.05) is 6.26 Å². The summed E-state index contributed by atoms with van der Waals surface area (Å²) in [7, 11) is -3.50. The summed E-state index contributed by atoms with van der Waals surface area (Å²) in [5, 5.41) is 6.04. The molecule has 0 bridgehead atoms. The van der Waals surface area contributed by atoms with Gasteiger partial charge in [-0.1, -0.05) is 5.16 Å². The lowest BCUT2D eigenvalue weighted by molar-refractivity contribution is 0.0861. The summed E-state index contributed by atoms with van der Waals surface area (Å²) in [5.41, 5.74) is -0.920. The molecule has 1 amide bonds. The Labute approximate surface area is 121 Å². The number of carbonyl (C=O) groups is 1. The number of furan rings is 1. The average Bonchev–Trinajstić information content (AvgIpc) is 2.95. The van der Waals surface area contributed by atoms with Crippen LogP contribution in [0, 0.1) is 6.92 Å². The summed E-state index contributed by atoms with van der Waals surface area (Å²) in [4.78, 5) is 16.1. The molecule has 0 aromatic carbocycles. The highest BCUT2D eigenvalue weighted by Gasteiger charge is 2.30. The number of aryl methyl sites for hydroxylation is 1. The van der Waals surface area contributed by atoms with E-state index >= 15 is 0 Å². The second kappa shape index (κ2) is 4.99. The normalized spacial score (nSPS) is 12.4. The molecular formula is C12H15N3O5S. The minimum atomic E-state index is -3.50. The molecule has 8 nitrogen and oxygen atoms in total. The molecule has 0 aliphatic heterocycles. The summed E-state index contributed by atoms with van der Waals surface area (Å²) in [6, 6.07) is 2.52. The Kier molecular flexibility index (Phi) is 3.62. The molecule has 2 rings (SSSR count). The summed E-state index contributed by atoms with van der Waals surface area (Å²) in [6.45, 7) is 5.02. The Morgan fingerprint density at radius 3 is 2.48 bits per heavy atom. The predicted molar refractivity (Wildman–Crippen MR) is 71.3 cm³/mol. The van der Waals surface area contributed by atoms with Crippen LogP contribution in [0.3, 0.4) is 0 Å². The molecule has 0 radical (unpaired) electrons. The number of carbonyl (C=O) groups excluding carboxylic acids is 1. The molecule has 114 valence electrons. The van der Waals surface area contributed by atoms with Crippen molar-refractivity contribution in [3.63, 3.8) is 0 Å². The van der Waals surface area contributed by atoms with Crippen LogP contribution < -0.4 is 5.32 Å². The van der Waals surface area contributed by atoms with Crippen molar-refractivity contribution in [1.29, 1.82) is 0 Å². The number of aromatic nitrogens is 2. The lowest BCUT2D eigenvalue weighted by atomic mass is 10.1. The van der Waals surface area contributed by atoms with Crippen LogP contribution >= 0.6 is 0 Å². The molecule has 9 heteroatoms. The molecule has 1 N–H and O–H groups in total. The van der Waals surface area contributed by atoms with Gasteiger partial charge in [-0.15, -0.1) is 0 Å². The zero-order valence-electron chi connectivity index (χ0n) is 12.0. The molecule has 2 heterocycles. The summed E-state index contributed by atoms with van der Waals surface area (Å²) >= 11 is 0. The van der Waals surface area contributed by atoms with E-state index in [9.17, 15) is 13.2 Å². The van der Waals surface area contributed by atoms with E-state index in [-0.39, 0.29) is 16.7 Å². The van der Waals surface area contributed by atoms with Gasteiger partial charge in [-0.25, -0.2) is 8.42 Å². The second-order valence-corrected chi connectivity index (χ2v) is 7.06. The van der Waals surface area contributed by atoms with Gasteiger partial charge >= 0.3 is 0 Å². The van der Waals surface area contributed by atoms with Crippen molar-refractivity contribution in [1.82, 2.24) is 15.5 Å². The Morgan fingerprint density at radius 2 is 2.00 bits per heavy atom. The van der Waals surface area contributed by atoms with Gasteiger partial charge in [0.25, 0.3) is 11.8 Å². The molecule has 0 aliphatic rings. The minimum Gasteiger partial charge on any atom is -0.440 e. The van der Waals surface area contributed by atoms with E-state index in [1.165, 1.54) is 12.1 Å². The molecule has 0 unspecified atom stereocenters.